The Morgan fingerprint density at radius 3 is 2.00 bits per heavy atom. The fourth-order valence-corrected chi connectivity index (χ4v) is 1.28. The van der Waals surface area contributed by atoms with Crippen molar-refractivity contribution >= 4 is 17.2 Å². The van der Waals surface area contributed by atoms with E-state index in [1.807, 2.05) is 0 Å². The van der Waals surface area contributed by atoms with Crippen molar-refractivity contribution in [1.29, 1.82) is 0 Å². The van der Waals surface area contributed by atoms with Crippen LogP contribution in [0.4, 0.5) is 0 Å². The van der Waals surface area contributed by atoms with Gasteiger partial charge in [-0.15, -0.1) is 0 Å². The van der Waals surface area contributed by atoms with Crippen LogP contribution in [0.15, 0.2) is 0 Å². The van der Waals surface area contributed by atoms with Gasteiger partial charge in [0.15, 0.2) is 0 Å². The fourth-order valence-electron chi connectivity index (χ4n) is 1.13. The molecule has 0 fully saturated rings. The van der Waals surface area contributed by atoms with Gasteiger partial charge in [-0.25, -0.2) is 0 Å². The van der Waals surface area contributed by atoms with Gasteiger partial charge in [-0.2, -0.15) is 0 Å². The molecule has 0 rings (SSSR count). The van der Waals surface area contributed by atoms with Gasteiger partial charge in [0.2, 0.25) is 0 Å². The number of hydrogen-bond acceptors (Lipinski definition) is 1. The van der Waals surface area contributed by atoms with Gasteiger partial charge in [0, 0.05) is 11.5 Å². The van der Waals surface area contributed by atoms with Crippen molar-refractivity contribution in [3.63, 3.8) is 0 Å². The molecule has 0 aliphatic heterocycles. The zero-order valence-corrected chi connectivity index (χ0v) is 10.6. The van der Waals surface area contributed by atoms with Gasteiger partial charge in [-0.05, 0) is 12.3 Å². The first-order valence-corrected chi connectivity index (χ1v) is 5.50. The molecule has 0 saturated carbocycles. The molecule has 0 aliphatic rings. The van der Waals surface area contributed by atoms with Crippen LogP contribution in [-0.4, -0.2) is 11.0 Å². The second kappa shape index (κ2) is 4.94. The average molecular weight is 201 g/mol. The van der Waals surface area contributed by atoms with E-state index in [0.29, 0.717) is 12.0 Å². The molecule has 78 valence electrons. The second-order valence-corrected chi connectivity index (χ2v) is 5.39. The van der Waals surface area contributed by atoms with Gasteiger partial charge >= 0.3 is 0 Å². The molecule has 13 heavy (non-hydrogen) atoms. The van der Waals surface area contributed by atoms with Crippen LogP contribution in [0.3, 0.4) is 0 Å². The lowest BCUT2D eigenvalue weighted by Gasteiger charge is -2.28. The Balaban J connectivity index is 4.18. The Morgan fingerprint density at radius 1 is 1.31 bits per heavy atom. The van der Waals surface area contributed by atoms with Gasteiger partial charge in [0.25, 0.3) is 0 Å². The van der Waals surface area contributed by atoms with E-state index in [1.165, 1.54) is 0 Å². The van der Waals surface area contributed by atoms with Crippen molar-refractivity contribution in [2.24, 2.45) is 11.3 Å². The minimum atomic E-state index is 0.0949. The van der Waals surface area contributed by atoms with Gasteiger partial charge in [-0.1, -0.05) is 53.8 Å². The molecule has 0 heterocycles. The van der Waals surface area contributed by atoms with Crippen LogP contribution in [-0.2, 0) is 0 Å². The van der Waals surface area contributed by atoms with Gasteiger partial charge in [-0.3, -0.25) is 0 Å². The van der Waals surface area contributed by atoms with Crippen LogP contribution >= 0.6 is 12.2 Å². The molecule has 1 unspecified atom stereocenters. The van der Waals surface area contributed by atoms with Crippen molar-refractivity contribution in [3.05, 3.63) is 0 Å². The topological polar surface area (TPSA) is 12.0 Å². The van der Waals surface area contributed by atoms with E-state index in [1.54, 1.807) is 0 Å². The van der Waals surface area contributed by atoms with E-state index in [9.17, 15) is 0 Å². The zero-order valence-electron chi connectivity index (χ0n) is 9.77. The normalized spacial score (nSPS) is 14.4. The molecule has 0 saturated heterocycles. The smallest absolute Gasteiger partial charge is 0.0809 e. The summed E-state index contributed by atoms with van der Waals surface area (Å²) in [6.45, 7) is 13.1. The first-order chi connectivity index (χ1) is 5.79. The van der Waals surface area contributed by atoms with Gasteiger partial charge in [0.05, 0.1) is 4.99 Å². The molecule has 1 nitrogen and oxygen atoms in total. The predicted octanol–water partition coefficient (Wildman–Crippen LogP) is 3.38. The summed E-state index contributed by atoms with van der Waals surface area (Å²) in [5.41, 5.74) is 0.0949. The molecule has 0 aromatic carbocycles. The highest BCUT2D eigenvalue weighted by Gasteiger charge is 2.20. The number of nitrogens with one attached hydrogen (secondary N) is 1. The highest BCUT2D eigenvalue weighted by molar-refractivity contribution is 7.80. The maximum Gasteiger partial charge on any atom is 0.0809 e. The van der Waals surface area contributed by atoms with Crippen LogP contribution < -0.4 is 5.32 Å². The summed E-state index contributed by atoms with van der Waals surface area (Å²) < 4.78 is 0. The third-order valence-electron chi connectivity index (χ3n) is 2.24. The van der Waals surface area contributed by atoms with E-state index >= 15 is 0 Å². The molecule has 0 amide bonds. The summed E-state index contributed by atoms with van der Waals surface area (Å²) in [6.07, 6.45) is 1.13. The third-order valence-corrected chi connectivity index (χ3v) is 2.97. The molecule has 1 N–H and O–H groups in total. The van der Waals surface area contributed by atoms with Crippen molar-refractivity contribution in [3.8, 4) is 0 Å². The minimum absolute atomic E-state index is 0.0949. The van der Waals surface area contributed by atoms with Crippen LogP contribution in [0.5, 0.6) is 0 Å². The van der Waals surface area contributed by atoms with Crippen molar-refractivity contribution < 1.29 is 0 Å². The van der Waals surface area contributed by atoms with Crippen LogP contribution in [0.2, 0.25) is 0 Å². The quantitative estimate of drug-likeness (QED) is 0.703. The fraction of sp³-hybridized carbons (Fsp3) is 0.909. The molecule has 0 spiro atoms. The maximum absolute atomic E-state index is 5.34. The van der Waals surface area contributed by atoms with E-state index in [0.717, 1.165) is 11.4 Å². The lowest BCUT2D eigenvalue weighted by Crippen LogP contribution is -2.42. The van der Waals surface area contributed by atoms with E-state index in [2.05, 4.69) is 46.9 Å². The lowest BCUT2D eigenvalue weighted by atomic mass is 9.94. The molecular weight excluding hydrogens is 178 g/mol. The van der Waals surface area contributed by atoms with Crippen LogP contribution in [0, 0.1) is 11.3 Å². The minimum Gasteiger partial charge on any atom is -0.376 e. The molecule has 0 aliphatic carbocycles. The number of hydrogen-bond donors (Lipinski definition) is 1. The van der Waals surface area contributed by atoms with Crippen molar-refractivity contribution in [2.75, 3.05) is 0 Å². The van der Waals surface area contributed by atoms with E-state index in [4.69, 9.17) is 12.2 Å². The van der Waals surface area contributed by atoms with Gasteiger partial charge in [0.1, 0.15) is 0 Å². The summed E-state index contributed by atoms with van der Waals surface area (Å²) in [6, 6.07) is 0.520. The summed E-state index contributed by atoms with van der Waals surface area (Å²) in [7, 11) is 0. The van der Waals surface area contributed by atoms with Crippen LogP contribution in [0.25, 0.3) is 0 Å². The second-order valence-electron chi connectivity index (χ2n) is 4.98. The van der Waals surface area contributed by atoms with E-state index < -0.39 is 0 Å². The first-order valence-electron chi connectivity index (χ1n) is 5.10. The predicted molar refractivity (Wildman–Crippen MR) is 64.1 cm³/mol. The SMILES string of the molecule is CCC(NC(=S)C(C)(C)C)C(C)C. The summed E-state index contributed by atoms with van der Waals surface area (Å²) in [4.78, 5) is 0.980. The average Bonchev–Trinajstić information content (AvgIpc) is 1.96. The maximum atomic E-state index is 5.34. The Kier molecular flexibility index (Phi) is 4.90. The lowest BCUT2D eigenvalue weighted by molar-refractivity contribution is 0.426. The molecule has 0 aromatic heterocycles. The number of thiocarbonyl (C=S) groups is 1. The van der Waals surface area contributed by atoms with Crippen LogP contribution in [0.1, 0.15) is 48.0 Å². The third kappa shape index (κ3) is 4.61. The Labute approximate surface area is 88.3 Å². The largest absolute Gasteiger partial charge is 0.376 e. The molecular formula is C11H23NS. The highest BCUT2D eigenvalue weighted by Crippen LogP contribution is 2.16. The first kappa shape index (κ1) is 12.9. The Bertz CT molecular complexity index is 167. The molecule has 2 heteroatoms. The van der Waals surface area contributed by atoms with Gasteiger partial charge < -0.3 is 5.32 Å². The standard InChI is InChI=1S/C11H23NS/c1-7-9(8(2)3)12-10(13)11(4,5)6/h8-9H,7H2,1-6H3,(H,12,13). The van der Waals surface area contributed by atoms with E-state index in [-0.39, 0.29) is 5.41 Å². The van der Waals surface area contributed by atoms with Crippen molar-refractivity contribution in [2.45, 2.75) is 54.0 Å². The summed E-state index contributed by atoms with van der Waals surface area (Å²) >= 11 is 5.34. The highest BCUT2D eigenvalue weighted by atomic mass is 32.1. The monoisotopic (exact) mass is 201 g/mol. The summed E-state index contributed by atoms with van der Waals surface area (Å²) in [5, 5.41) is 3.44. The number of rotatable bonds is 3. The molecule has 0 aromatic rings. The molecule has 0 bridgehead atoms. The summed E-state index contributed by atoms with van der Waals surface area (Å²) in [5.74, 6) is 0.644. The molecule has 0 radical (unpaired) electrons. The Morgan fingerprint density at radius 2 is 1.77 bits per heavy atom. The zero-order chi connectivity index (χ0) is 10.6. The molecule has 1 atom stereocenters. The Hall–Kier alpha value is -0.110. The van der Waals surface area contributed by atoms with Crippen molar-refractivity contribution in [1.82, 2.24) is 5.32 Å².